The third-order valence-electron chi connectivity index (χ3n) is 6.81. The van der Waals surface area contributed by atoms with E-state index in [4.69, 9.17) is 14.5 Å². The summed E-state index contributed by atoms with van der Waals surface area (Å²) in [6, 6.07) is 4.69. The highest BCUT2D eigenvalue weighted by atomic mass is 19.1. The van der Waals surface area contributed by atoms with Crippen LogP contribution in [0, 0.1) is 0 Å². The van der Waals surface area contributed by atoms with Crippen LogP contribution < -0.4 is 10.6 Å². The molecular weight excluding hydrogens is 469 g/mol. The standard InChI is InChI=1S/C24H26FN7O4/c1-26-21-7-17(29-23-14(8-28-32(21)23)24(34)30-18-11-36-12-20(18)33)15-9-31(19-4-6-35-10-16(19)25)22-13(15)3-2-5-27-22/h2-3,5,7-9,16,18-20,26,33H,4,6,10-12H2,1H3,(H,30,34)/t16-,18?,19-,20-/m1/s1. The molecule has 36 heavy (non-hydrogen) atoms. The number of anilines is 1. The van der Waals surface area contributed by atoms with E-state index in [1.165, 1.54) is 6.20 Å². The number of hydrogen-bond acceptors (Lipinski definition) is 8. The van der Waals surface area contributed by atoms with Crippen LogP contribution in [0.1, 0.15) is 22.8 Å². The number of aliphatic hydroxyl groups excluding tert-OH is 1. The molecule has 6 heterocycles. The Bertz CT molecular complexity index is 1440. The van der Waals surface area contributed by atoms with Gasteiger partial charge in [0.05, 0.1) is 49.9 Å². The number of ether oxygens (including phenoxy) is 2. The topological polar surface area (TPSA) is 128 Å². The highest BCUT2D eigenvalue weighted by Gasteiger charge is 2.31. The van der Waals surface area contributed by atoms with Gasteiger partial charge in [-0.3, -0.25) is 4.79 Å². The van der Waals surface area contributed by atoms with Crippen LogP contribution in [-0.4, -0.2) is 87.0 Å². The molecule has 0 aliphatic carbocycles. The van der Waals surface area contributed by atoms with Crippen LogP contribution in [0.15, 0.2) is 36.8 Å². The Kier molecular flexibility index (Phi) is 5.78. The summed E-state index contributed by atoms with van der Waals surface area (Å²) in [6.45, 7) is 0.948. The molecular formula is C24H26FN7O4. The first-order chi connectivity index (χ1) is 17.5. The molecule has 2 aliphatic heterocycles. The van der Waals surface area contributed by atoms with Crippen LogP contribution in [0.2, 0.25) is 0 Å². The van der Waals surface area contributed by atoms with Gasteiger partial charge in [0.2, 0.25) is 0 Å². The molecule has 4 aromatic heterocycles. The van der Waals surface area contributed by atoms with Crippen LogP contribution in [0.25, 0.3) is 27.9 Å². The lowest BCUT2D eigenvalue weighted by atomic mass is 10.1. The molecule has 12 heteroatoms. The maximum Gasteiger partial charge on any atom is 0.257 e. The number of carbonyl (C=O) groups is 1. The van der Waals surface area contributed by atoms with E-state index >= 15 is 0 Å². The predicted molar refractivity (Wildman–Crippen MR) is 129 cm³/mol. The summed E-state index contributed by atoms with van der Waals surface area (Å²) >= 11 is 0. The van der Waals surface area contributed by atoms with Crippen LogP contribution >= 0.6 is 0 Å². The van der Waals surface area contributed by atoms with Gasteiger partial charge in [0.25, 0.3) is 5.91 Å². The number of fused-ring (bicyclic) bond motifs is 2. The van der Waals surface area contributed by atoms with Gasteiger partial charge in [0.1, 0.15) is 23.2 Å². The van der Waals surface area contributed by atoms with Crippen LogP contribution in [0.3, 0.4) is 0 Å². The van der Waals surface area contributed by atoms with Gasteiger partial charge in [0, 0.05) is 43.1 Å². The van der Waals surface area contributed by atoms with Gasteiger partial charge in [-0.05, 0) is 18.6 Å². The molecule has 3 N–H and O–H groups in total. The number of nitrogens with one attached hydrogen (secondary N) is 2. The van der Waals surface area contributed by atoms with Crippen molar-refractivity contribution in [2.75, 3.05) is 38.8 Å². The summed E-state index contributed by atoms with van der Waals surface area (Å²) in [6.07, 6.45) is 3.64. The van der Waals surface area contributed by atoms with Crippen molar-refractivity contribution in [1.29, 1.82) is 0 Å². The van der Waals surface area contributed by atoms with E-state index in [-0.39, 0.29) is 25.4 Å². The molecule has 2 aliphatic rings. The normalized spacial score (nSPS) is 24.4. The quantitative estimate of drug-likeness (QED) is 0.381. The zero-order valence-electron chi connectivity index (χ0n) is 19.6. The Morgan fingerprint density at radius 1 is 1.25 bits per heavy atom. The van der Waals surface area contributed by atoms with E-state index < -0.39 is 30.3 Å². The van der Waals surface area contributed by atoms with Crippen LogP contribution in [-0.2, 0) is 9.47 Å². The molecule has 4 atom stereocenters. The summed E-state index contributed by atoms with van der Waals surface area (Å²) in [5.41, 5.74) is 2.63. The van der Waals surface area contributed by atoms with Crippen molar-refractivity contribution in [3.63, 3.8) is 0 Å². The molecule has 11 nitrogen and oxygen atoms in total. The van der Waals surface area contributed by atoms with Crippen LogP contribution in [0.4, 0.5) is 10.2 Å². The van der Waals surface area contributed by atoms with E-state index in [1.54, 1.807) is 17.8 Å². The second-order valence-corrected chi connectivity index (χ2v) is 9.03. The maximum atomic E-state index is 14.8. The molecule has 4 aromatic rings. The monoisotopic (exact) mass is 495 g/mol. The summed E-state index contributed by atoms with van der Waals surface area (Å²) < 4.78 is 28.8. The first kappa shape index (κ1) is 22.8. The second kappa shape index (κ2) is 9.12. The van der Waals surface area contributed by atoms with Crippen molar-refractivity contribution in [3.8, 4) is 11.3 Å². The molecule has 1 unspecified atom stereocenters. The number of nitrogens with zero attached hydrogens (tertiary/aromatic N) is 5. The van der Waals surface area contributed by atoms with E-state index in [0.717, 1.165) is 10.9 Å². The number of amides is 1. The number of aliphatic hydroxyl groups is 1. The SMILES string of the molecule is CNc1cc(-c2cn([C@@H]3CCOC[C@H]3F)c3ncccc23)nc2c(C(=O)NC3COC[C@H]3O)cnn12. The van der Waals surface area contributed by atoms with Gasteiger partial charge >= 0.3 is 0 Å². The lowest BCUT2D eigenvalue weighted by Gasteiger charge is -2.27. The number of rotatable bonds is 5. The average molecular weight is 496 g/mol. The fourth-order valence-electron chi connectivity index (χ4n) is 4.91. The zero-order chi connectivity index (χ0) is 24.8. The van der Waals surface area contributed by atoms with Crippen LogP contribution in [0.5, 0.6) is 0 Å². The first-order valence-corrected chi connectivity index (χ1v) is 11.9. The molecule has 2 fully saturated rings. The Morgan fingerprint density at radius 2 is 2.14 bits per heavy atom. The molecule has 0 spiro atoms. The van der Waals surface area contributed by atoms with Crippen molar-refractivity contribution in [2.45, 2.75) is 30.8 Å². The highest BCUT2D eigenvalue weighted by molar-refractivity contribution is 6.01. The molecule has 2 saturated heterocycles. The predicted octanol–water partition coefficient (Wildman–Crippen LogP) is 1.58. The highest BCUT2D eigenvalue weighted by Crippen LogP contribution is 2.35. The minimum absolute atomic E-state index is 0.0512. The van der Waals surface area contributed by atoms with Crippen molar-refractivity contribution < 1.29 is 23.8 Å². The number of hydrogen-bond donors (Lipinski definition) is 3. The third kappa shape index (κ3) is 3.77. The van der Waals surface area contributed by atoms with Gasteiger partial charge in [-0.2, -0.15) is 9.61 Å². The van der Waals surface area contributed by atoms with Gasteiger partial charge in [-0.15, -0.1) is 0 Å². The summed E-state index contributed by atoms with van der Waals surface area (Å²) in [7, 11) is 1.76. The minimum Gasteiger partial charge on any atom is -0.388 e. The van der Waals surface area contributed by atoms with Crippen molar-refractivity contribution in [1.82, 2.24) is 29.5 Å². The van der Waals surface area contributed by atoms with Crippen molar-refractivity contribution in [3.05, 3.63) is 42.4 Å². The number of aromatic nitrogens is 5. The van der Waals surface area contributed by atoms with Crippen molar-refractivity contribution in [2.24, 2.45) is 0 Å². The minimum atomic E-state index is -1.15. The number of carbonyl (C=O) groups excluding carboxylic acids is 1. The largest absolute Gasteiger partial charge is 0.388 e. The number of halogens is 1. The van der Waals surface area contributed by atoms with E-state index in [2.05, 4.69) is 20.7 Å². The Balaban J connectivity index is 1.46. The lowest BCUT2D eigenvalue weighted by Crippen LogP contribution is -2.42. The molecule has 0 aromatic carbocycles. The summed E-state index contributed by atoms with van der Waals surface area (Å²) in [4.78, 5) is 22.4. The molecule has 0 saturated carbocycles. The molecule has 0 radical (unpaired) electrons. The summed E-state index contributed by atoms with van der Waals surface area (Å²) in [5, 5.41) is 21.1. The fraction of sp³-hybridized carbons (Fsp3) is 0.417. The maximum absolute atomic E-state index is 14.8. The van der Waals surface area contributed by atoms with Gasteiger partial charge in [-0.25, -0.2) is 14.4 Å². The second-order valence-electron chi connectivity index (χ2n) is 9.03. The zero-order valence-corrected chi connectivity index (χ0v) is 19.6. The van der Waals surface area contributed by atoms with Gasteiger partial charge in [-0.1, -0.05) is 0 Å². The Labute approximate surface area is 205 Å². The lowest BCUT2D eigenvalue weighted by molar-refractivity contribution is 0.00443. The van der Waals surface area contributed by atoms with Crippen molar-refractivity contribution >= 4 is 28.4 Å². The van der Waals surface area contributed by atoms with Gasteiger partial charge in [0.15, 0.2) is 5.65 Å². The van der Waals surface area contributed by atoms with Gasteiger partial charge < -0.3 is 29.8 Å². The molecule has 188 valence electrons. The summed E-state index contributed by atoms with van der Waals surface area (Å²) in [5.74, 6) is 0.218. The average Bonchev–Trinajstić information content (AvgIpc) is 3.61. The van der Waals surface area contributed by atoms with E-state index in [9.17, 15) is 14.3 Å². The first-order valence-electron chi connectivity index (χ1n) is 11.9. The number of pyridine rings is 1. The molecule has 1 amide bonds. The number of alkyl halides is 1. The molecule has 6 rings (SSSR count). The van der Waals surface area contributed by atoms with E-state index in [1.807, 2.05) is 29.0 Å². The van der Waals surface area contributed by atoms with E-state index in [0.29, 0.717) is 35.8 Å². The Morgan fingerprint density at radius 3 is 2.92 bits per heavy atom. The smallest absolute Gasteiger partial charge is 0.257 e. The third-order valence-corrected chi connectivity index (χ3v) is 6.81. The Hall–Kier alpha value is -3.61. The fourth-order valence-corrected chi connectivity index (χ4v) is 4.91. The molecule has 0 bridgehead atoms.